The van der Waals surface area contributed by atoms with Crippen molar-refractivity contribution in [3.8, 4) is 0 Å². The van der Waals surface area contributed by atoms with Crippen LogP contribution in [0, 0.1) is 0 Å². The molecular weight excluding hydrogens is 418 g/mol. The highest BCUT2D eigenvalue weighted by Crippen LogP contribution is 2.17. The third kappa shape index (κ3) is 4.59. The van der Waals surface area contributed by atoms with E-state index in [1.807, 2.05) is 0 Å². The van der Waals surface area contributed by atoms with Gasteiger partial charge in [0.05, 0.1) is 5.39 Å². The Morgan fingerprint density at radius 3 is 2.39 bits per heavy atom. The summed E-state index contributed by atoms with van der Waals surface area (Å²) in [5.41, 5.74) is 0.978. The molecule has 2 aromatic carbocycles. The smallest absolute Gasteiger partial charge is 0.276 e. The van der Waals surface area contributed by atoms with Crippen LogP contribution in [0.2, 0.25) is 0 Å². The molecule has 1 N–H and O–H groups in total. The Morgan fingerprint density at radius 1 is 1.00 bits per heavy atom. The summed E-state index contributed by atoms with van der Waals surface area (Å²) in [6.45, 7) is 2.55. The largest absolute Gasteiger partial charge is 0.331 e. The van der Waals surface area contributed by atoms with Gasteiger partial charge in [0, 0.05) is 42.6 Å². The summed E-state index contributed by atoms with van der Waals surface area (Å²) in [5, 5.41) is 8.18. The highest BCUT2D eigenvalue weighted by molar-refractivity contribution is 6.11. The second-order valence-corrected chi connectivity index (χ2v) is 7.85. The lowest BCUT2D eigenvalue weighted by atomic mass is 10.1. The van der Waals surface area contributed by atoms with Crippen molar-refractivity contribution >= 4 is 28.2 Å². The van der Waals surface area contributed by atoms with E-state index in [-0.39, 0.29) is 17.0 Å². The van der Waals surface area contributed by atoms with Crippen LogP contribution in [0.5, 0.6) is 0 Å². The molecule has 0 atom stereocenters. The van der Waals surface area contributed by atoms with E-state index in [4.69, 9.17) is 0 Å². The Morgan fingerprint density at radius 2 is 1.73 bits per heavy atom. The lowest BCUT2D eigenvalue weighted by molar-refractivity contribution is 0.101. The third-order valence-electron chi connectivity index (χ3n) is 5.49. The summed E-state index contributed by atoms with van der Waals surface area (Å²) >= 11 is 0. The van der Waals surface area contributed by atoms with Crippen molar-refractivity contribution in [3.63, 3.8) is 0 Å². The van der Waals surface area contributed by atoms with E-state index in [9.17, 15) is 14.4 Å². The highest BCUT2D eigenvalue weighted by Gasteiger charge is 2.18. The fourth-order valence-electron chi connectivity index (χ4n) is 3.67. The van der Waals surface area contributed by atoms with Crippen LogP contribution in [0.15, 0.2) is 65.7 Å². The monoisotopic (exact) mass is 443 g/mol. The number of aryl methyl sites for hydroxylation is 2. The summed E-state index contributed by atoms with van der Waals surface area (Å²) in [7, 11) is 1.76. The van der Waals surface area contributed by atoms with Crippen LogP contribution in [-0.4, -0.2) is 31.0 Å². The molecule has 4 aromatic rings. The molecule has 0 saturated heterocycles. The molecule has 168 valence electrons. The molecule has 4 rings (SSSR count). The maximum atomic E-state index is 13.1. The number of benzene rings is 2. The van der Waals surface area contributed by atoms with E-state index in [1.165, 1.54) is 4.68 Å². The number of nitrogens with one attached hydrogen (secondary N) is 1. The van der Waals surface area contributed by atoms with Gasteiger partial charge in [-0.25, -0.2) is 9.67 Å². The van der Waals surface area contributed by atoms with Gasteiger partial charge in [-0.3, -0.25) is 14.4 Å². The lowest BCUT2D eigenvalue weighted by Crippen LogP contribution is -2.27. The number of nitrogens with zero attached hydrogens (tertiary/aromatic N) is 4. The van der Waals surface area contributed by atoms with Crippen molar-refractivity contribution in [2.75, 3.05) is 5.32 Å². The van der Waals surface area contributed by atoms with E-state index in [2.05, 4.69) is 22.3 Å². The molecule has 0 bridgehead atoms. The number of ketones is 1. The van der Waals surface area contributed by atoms with Crippen molar-refractivity contribution in [1.82, 2.24) is 19.3 Å². The van der Waals surface area contributed by atoms with Crippen LogP contribution in [-0.2, 0) is 13.6 Å². The molecule has 0 aliphatic rings. The molecule has 8 nitrogen and oxygen atoms in total. The highest BCUT2D eigenvalue weighted by atomic mass is 16.2. The second-order valence-electron chi connectivity index (χ2n) is 7.85. The molecule has 0 unspecified atom stereocenters. The van der Waals surface area contributed by atoms with Gasteiger partial charge >= 0.3 is 0 Å². The summed E-state index contributed by atoms with van der Waals surface area (Å²) in [4.78, 5) is 42.6. The molecule has 0 aliphatic carbocycles. The molecule has 0 aliphatic heterocycles. The predicted molar refractivity (Wildman–Crippen MR) is 127 cm³/mol. The number of amides is 1. The minimum atomic E-state index is -0.418. The molecule has 2 aromatic heterocycles. The third-order valence-corrected chi connectivity index (χ3v) is 5.49. The average molecular weight is 444 g/mol. The molecular formula is C25H25N5O3. The SMILES string of the molecule is CCCCCn1nc(C(=O)Nc2ccc(C(=O)c3nccn3C)cc2)c2ccccc2c1=O. The van der Waals surface area contributed by atoms with Gasteiger partial charge in [0.25, 0.3) is 11.5 Å². The number of anilines is 1. The first-order valence-electron chi connectivity index (χ1n) is 10.9. The van der Waals surface area contributed by atoms with Crippen LogP contribution in [0.25, 0.3) is 10.8 Å². The zero-order chi connectivity index (χ0) is 23.4. The second kappa shape index (κ2) is 9.60. The maximum Gasteiger partial charge on any atom is 0.276 e. The Bertz CT molecular complexity index is 1370. The first kappa shape index (κ1) is 22.1. The topological polar surface area (TPSA) is 98.9 Å². The van der Waals surface area contributed by atoms with E-state index in [1.54, 1.807) is 72.5 Å². The van der Waals surface area contributed by atoms with Crippen LogP contribution < -0.4 is 10.9 Å². The molecule has 33 heavy (non-hydrogen) atoms. The minimum absolute atomic E-state index is 0.190. The number of imidazole rings is 1. The Labute approximate surface area is 190 Å². The van der Waals surface area contributed by atoms with Crippen molar-refractivity contribution < 1.29 is 9.59 Å². The van der Waals surface area contributed by atoms with Crippen molar-refractivity contribution in [2.45, 2.75) is 32.7 Å². The number of fused-ring (bicyclic) bond motifs is 1. The van der Waals surface area contributed by atoms with Gasteiger partial charge in [0.2, 0.25) is 5.78 Å². The number of carbonyl (C=O) groups is 2. The van der Waals surface area contributed by atoms with Crippen molar-refractivity contribution in [3.05, 3.63) is 88.4 Å². The van der Waals surface area contributed by atoms with Gasteiger partial charge in [-0.05, 0) is 36.8 Å². The number of unbranched alkanes of at least 4 members (excludes halogenated alkanes) is 2. The first-order valence-corrected chi connectivity index (χ1v) is 10.9. The molecule has 8 heteroatoms. The molecule has 1 amide bonds. The number of rotatable bonds is 8. The first-order chi connectivity index (χ1) is 16.0. The Balaban J connectivity index is 1.60. The number of hydrogen-bond donors (Lipinski definition) is 1. The maximum absolute atomic E-state index is 13.1. The van der Waals surface area contributed by atoms with Crippen molar-refractivity contribution in [2.24, 2.45) is 7.05 Å². The van der Waals surface area contributed by atoms with Crippen LogP contribution in [0.4, 0.5) is 5.69 Å². The predicted octanol–water partition coefficient (Wildman–Crippen LogP) is 3.80. The van der Waals surface area contributed by atoms with Gasteiger partial charge in [-0.15, -0.1) is 0 Å². The summed E-state index contributed by atoms with van der Waals surface area (Å²) in [6, 6.07) is 13.6. The zero-order valence-electron chi connectivity index (χ0n) is 18.6. The number of aromatic nitrogens is 4. The molecule has 0 radical (unpaired) electrons. The minimum Gasteiger partial charge on any atom is -0.331 e. The quantitative estimate of drug-likeness (QED) is 0.330. The molecule has 2 heterocycles. The van der Waals surface area contributed by atoms with Crippen molar-refractivity contribution in [1.29, 1.82) is 0 Å². The Kier molecular flexibility index (Phi) is 6.44. The Hall–Kier alpha value is -4.07. The van der Waals surface area contributed by atoms with Crippen LogP contribution in [0.1, 0.15) is 52.9 Å². The van der Waals surface area contributed by atoms with Gasteiger partial charge in [-0.1, -0.05) is 38.0 Å². The summed E-state index contributed by atoms with van der Waals surface area (Å²) < 4.78 is 3.03. The van der Waals surface area contributed by atoms with Gasteiger partial charge < -0.3 is 9.88 Å². The van der Waals surface area contributed by atoms with E-state index in [0.717, 1.165) is 19.3 Å². The van der Waals surface area contributed by atoms with Gasteiger partial charge in [0.15, 0.2) is 11.5 Å². The van der Waals surface area contributed by atoms with Gasteiger partial charge in [-0.2, -0.15) is 5.10 Å². The van der Waals surface area contributed by atoms with Gasteiger partial charge in [0.1, 0.15) is 0 Å². The molecule has 0 fully saturated rings. The van der Waals surface area contributed by atoms with Crippen LogP contribution in [0.3, 0.4) is 0 Å². The fourth-order valence-corrected chi connectivity index (χ4v) is 3.67. The number of hydrogen-bond acceptors (Lipinski definition) is 5. The average Bonchev–Trinajstić information content (AvgIpc) is 3.26. The van der Waals surface area contributed by atoms with E-state index < -0.39 is 5.91 Å². The lowest BCUT2D eigenvalue weighted by Gasteiger charge is -2.11. The standard InChI is InChI=1S/C25H25N5O3/c1-3-4-7-15-30-25(33)20-9-6-5-8-19(20)21(28-30)24(32)27-18-12-10-17(11-13-18)22(31)23-26-14-16-29(23)2/h5-6,8-14,16H,3-4,7,15H2,1-2H3,(H,27,32). The molecule has 0 saturated carbocycles. The fraction of sp³-hybridized carbons (Fsp3) is 0.240. The van der Waals surface area contributed by atoms with Crippen LogP contribution >= 0.6 is 0 Å². The molecule has 0 spiro atoms. The van der Waals surface area contributed by atoms with E-state index in [0.29, 0.717) is 34.4 Å². The summed E-state index contributed by atoms with van der Waals surface area (Å²) in [6.07, 6.45) is 6.09. The normalized spacial score (nSPS) is 11.0. The zero-order valence-corrected chi connectivity index (χ0v) is 18.6. The summed E-state index contributed by atoms with van der Waals surface area (Å²) in [5.74, 6) is -0.279. The van der Waals surface area contributed by atoms with E-state index >= 15 is 0 Å². The number of carbonyl (C=O) groups excluding carboxylic acids is 2.